The van der Waals surface area contributed by atoms with Gasteiger partial charge in [-0.25, -0.2) is 0 Å². The zero-order valence-electron chi connectivity index (χ0n) is 15.0. The van der Waals surface area contributed by atoms with Crippen molar-refractivity contribution in [2.75, 3.05) is 19.6 Å². The van der Waals surface area contributed by atoms with Crippen LogP contribution in [-0.2, 0) is 4.79 Å². The van der Waals surface area contributed by atoms with Crippen LogP contribution in [0.2, 0.25) is 0 Å². The highest BCUT2D eigenvalue weighted by Gasteiger charge is 2.23. The lowest BCUT2D eigenvalue weighted by Crippen LogP contribution is -2.52. The molecule has 138 valence electrons. The van der Waals surface area contributed by atoms with E-state index < -0.39 is 0 Å². The molecule has 0 aromatic heterocycles. The molecule has 0 bridgehead atoms. The van der Waals surface area contributed by atoms with Crippen molar-refractivity contribution in [3.63, 3.8) is 0 Å². The fraction of sp³-hybridized carbons (Fsp3) is 0.333. The molecule has 0 radical (unpaired) electrons. The predicted molar refractivity (Wildman–Crippen MR) is 107 cm³/mol. The summed E-state index contributed by atoms with van der Waals surface area (Å²) in [6, 6.07) is 17.9. The number of piperazine rings is 1. The Morgan fingerprint density at radius 1 is 1.00 bits per heavy atom. The van der Waals surface area contributed by atoms with Crippen LogP contribution in [0.15, 0.2) is 54.6 Å². The summed E-state index contributed by atoms with van der Waals surface area (Å²) in [5.41, 5.74) is 2.88. The molecule has 1 aliphatic heterocycles. The van der Waals surface area contributed by atoms with Gasteiger partial charge in [0, 0.05) is 44.1 Å². The zero-order chi connectivity index (χ0) is 17.6. The number of nitrogens with zero attached hydrogens (tertiary/aromatic N) is 1. The first-order valence-electron chi connectivity index (χ1n) is 8.84. The van der Waals surface area contributed by atoms with Crippen LogP contribution in [0.4, 0.5) is 0 Å². The topological polar surface area (TPSA) is 49.4 Å². The summed E-state index contributed by atoms with van der Waals surface area (Å²) >= 11 is 0. The number of benzene rings is 2. The lowest BCUT2D eigenvalue weighted by molar-refractivity contribution is -0.133. The first-order valence-corrected chi connectivity index (χ1v) is 8.84. The second kappa shape index (κ2) is 9.51. The average molecular weight is 373 g/mol. The summed E-state index contributed by atoms with van der Waals surface area (Å²) in [5, 5.41) is 3.27. The van der Waals surface area contributed by atoms with Crippen LogP contribution in [0.1, 0.15) is 30.1 Å². The van der Waals surface area contributed by atoms with Crippen LogP contribution in [0.5, 0.6) is 0 Å². The number of halogens is 1. The molecular weight excluding hydrogens is 348 g/mol. The number of ketones is 1. The molecule has 3 rings (SSSR count). The number of hydrogen-bond donors (Lipinski definition) is 1. The molecule has 1 N–H and O–H groups in total. The van der Waals surface area contributed by atoms with E-state index in [1.165, 1.54) is 0 Å². The number of rotatable bonds is 5. The Bertz CT molecular complexity index is 731. The van der Waals surface area contributed by atoms with Crippen molar-refractivity contribution >= 4 is 24.1 Å². The lowest BCUT2D eigenvalue weighted by atomic mass is 10.0. The number of Topliss-reactive ketones (excluding diaryl/α,β-unsaturated/α-hetero) is 1. The molecule has 1 fully saturated rings. The summed E-state index contributed by atoms with van der Waals surface area (Å²) in [5.74, 6) is 0.0963. The SMILES string of the molecule is CC1CNCCN1C(=O)CCC(=O)c1ccc(-c2ccccc2)cc1.Cl. The molecule has 5 heteroatoms. The van der Waals surface area contributed by atoms with E-state index in [9.17, 15) is 9.59 Å². The molecule has 0 spiro atoms. The van der Waals surface area contributed by atoms with Crippen LogP contribution < -0.4 is 5.32 Å². The average Bonchev–Trinajstić information content (AvgIpc) is 2.67. The molecule has 1 amide bonds. The molecule has 1 unspecified atom stereocenters. The standard InChI is InChI=1S/C21H24N2O2.ClH/c1-16-15-22-13-14-23(16)21(25)12-11-20(24)19-9-7-18(8-10-19)17-5-3-2-4-6-17;/h2-10,16,22H,11-15H2,1H3;1H. The van der Waals surface area contributed by atoms with Gasteiger partial charge in [-0.05, 0) is 18.1 Å². The van der Waals surface area contributed by atoms with Gasteiger partial charge >= 0.3 is 0 Å². The van der Waals surface area contributed by atoms with Gasteiger partial charge in [0.15, 0.2) is 5.78 Å². The van der Waals surface area contributed by atoms with Crippen molar-refractivity contribution in [2.24, 2.45) is 0 Å². The van der Waals surface area contributed by atoms with Crippen molar-refractivity contribution in [3.8, 4) is 11.1 Å². The van der Waals surface area contributed by atoms with Gasteiger partial charge in [0.1, 0.15) is 0 Å². The Balaban J connectivity index is 0.00000243. The maximum absolute atomic E-state index is 12.4. The van der Waals surface area contributed by atoms with Crippen LogP contribution in [-0.4, -0.2) is 42.3 Å². The van der Waals surface area contributed by atoms with Crippen molar-refractivity contribution in [1.29, 1.82) is 0 Å². The van der Waals surface area contributed by atoms with E-state index >= 15 is 0 Å². The first-order chi connectivity index (χ1) is 12.1. The Morgan fingerprint density at radius 3 is 2.31 bits per heavy atom. The fourth-order valence-electron chi connectivity index (χ4n) is 3.20. The summed E-state index contributed by atoms with van der Waals surface area (Å²) in [7, 11) is 0. The maximum atomic E-state index is 12.4. The van der Waals surface area contributed by atoms with Gasteiger partial charge in [0.2, 0.25) is 5.91 Å². The van der Waals surface area contributed by atoms with Gasteiger partial charge in [0.05, 0.1) is 0 Å². The fourth-order valence-corrected chi connectivity index (χ4v) is 3.20. The molecule has 0 saturated carbocycles. The van der Waals surface area contributed by atoms with Gasteiger partial charge in [-0.1, -0.05) is 54.6 Å². The minimum atomic E-state index is 0. The van der Waals surface area contributed by atoms with Crippen LogP contribution in [0.25, 0.3) is 11.1 Å². The van der Waals surface area contributed by atoms with Gasteiger partial charge in [-0.3, -0.25) is 9.59 Å². The normalized spacial score (nSPS) is 16.7. The Hall–Kier alpha value is -2.17. The molecule has 2 aromatic carbocycles. The summed E-state index contributed by atoms with van der Waals surface area (Å²) in [4.78, 5) is 26.6. The molecule has 26 heavy (non-hydrogen) atoms. The number of amides is 1. The predicted octanol–water partition coefficient (Wildman–Crippen LogP) is 3.56. The monoisotopic (exact) mass is 372 g/mol. The third-order valence-corrected chi connectivity index (χ3v) is 4.70. The van der Waals surface area contributed by atoms with E-state index in [0.717, 1.165) is 30.8 Å². The minimum Gasteiger partial charge on any atom is -0.337 e. The van der Waals surface area contributed by atoms with Crippen molar-refractivity contribution in [2.45, 2.75) is 25.8 Å². The van der Waals surface area contributed by atoms with Gasteiger partial charge in [-0.15, -0.1) is 12.4 Å². The highest BCUT2D eigenvalue weighted by Crippen LogP contribution is 2.20. The second-order valence-corrected chi connectivity index (χ2v) is 6.51. The molecule has 1 aliphatic rings. The van der Waals surface area contributed by atoms with Gasteiger partial charge in [-0.2, -0.15) is 0 Å². The van der Waals surface area contributed by atoms with E-state index in [1.54, 1.807) is 0 Å². The van der Waals surface area contributed by atoms with Crippen molar-refractivity contribution in [3.05, 3.63) is 60.2 Å². The van der Waals surface area contributed by atoms with E-state index in [-0.39, 0.29) is 43.0 Å². The highest BCUT2D eigenvalue weighted by atomic mass is 35.5. The summed E-state index contributed by atoms with van der Waals surface area (Å²) in [6.45, 7) is 4.40. The van der Waals surface area contributed by atoms with E-state index in [0.29, 0.717) is 5.56 Å². The van der Waals surface area contributed by atoms with Gasteiger partial charge in [0.25, 0.3) is 0 Å². The number of carbonyl (C=O) groups is 2. The van der Waals surface area contributed by atoms with E-state index in [2.05, 4.69) is 5.32 Å². The lowest BCUT2D eigenvalue weighted by Gasteiger charge is -2.34. The Labute approximate surface area is 161 Å². The Morgan fingerprint density at radius 2 is 1.65 bits per heavy atom. The first kappa shape index (κ1) is 20.1. The van der Waals surface area contributed by atoms with E-state index in [4.69, 9.17) is 0 Å². The smallest absolute Gasteiger partial charge is 0.223 e. The summed E-state index contributed by atoms with van der Waals surface area (Å²) in [6.07, 6.45) is 0.545. The van der Waals surface area contributed by atoms with Crippen molar-refractivity contribution in [1.82, 2.24) is 10.2 Å². The molecule has 1 atom stereocenters. The van der Waals surface area contributed by atoms with Gasteiger partial charge < -0.3 is 10.2 Å². The molecular formula is C21H25ClN2O2. The number of nitrogens with one attached hydrogen (secondary N) is 1. The van der Waals surface area contributed by atoms with Crippen molar-refractivity contribution < 1.29 is 9.59 Å². The molecule has 2 aromatic rings. The van der Waals surface area contributed by atoms with Crippen LogP contribution in [0, 0.1) is 0 Å². The second-order valence-electron chi connectivity index (χ2n) is 6.51. The Kier molecular flexibility index (Phi) is 7.37. The number of hydrogen-bond acceptors (Lipinski definition) is 3. The zero-order valence-corrected chi connectivity index (χ0v) is 15.8. The summed E-state index contributed by atoms with van der Waals surface area (Å²) < 4.78 is 0. The quantitative estimate of drug-likeness (QED) is 0.816. The third kappa shape index (κ3) is 4.93. The molecule has 1 heterocycles. The molecule has 1 saturated heterocycles. The minimum absolute atomic E-state index is 0. The van der Waals surface area contributed by atoms with Crippen LogP contribution in [0.3, 0.4) is 0 Å². The molecule has 0 aliphatic carbocycles. The van der Waals surface area contributed by atoms with E-state index in [1.807, 2.05) is 66.4 Å². The molecule has 4 nitrogen and oxygen atoms in total. The third-order valence-electron chi connectivity index (χ3n) is 4.70. The maximum Gasteiger partial charge on any atom is 0.223 e. The number of carbonyl (C=O) groups excluding carboxylic acids is 2. The highest BCUT2D eigenvalue weighted by molar-refractivity contribution is 5.98. The van der Waals surface area contributed by atoms with Crippen LogP contribution >= 0.6 is 12.4 Å². The largest absolute Gasteiger partial charge is 0.337 e.